The number of allylic oxidation sites excluding steroid dienone is 1. The molecule has 0 bridgehead atoms. The molecule has 4 atom stereocenters. The van der Waals surface area contributed by atoms with E-state index in [1.54, 1.807) is 37.5 Å². The Morgan fingerprint density at radius 1 is 1.16 bits per heavy atom. The Labute approximate surface area is 229 Å². The molecule has 0 saturated carbocycles. The highest BCUT2D eigenvalue weighted by molar-refractivity contribution is 6.34. The number of fused-ring (bicyclic) bond motifs is 1. The SMILES string of the molecule is C=CCCCC(=O)N[C@@H](Cc1cc(Cl)cc(Cl)c1)[C@H](O)CN[C@H]1C[C@@H](OCC=C)c2ccc(OC)cc21. The van der Waals surface area contributed by atoms with Crippen molar-refractivity contribution in [3.05, 3.63) is 88.4 Å². The maximum absolute atomic E-state index is 12.6. The third-order valence-corrected chi connectivity index (χ3v) is 6.89. The molecule has 1 aliphatic carbocycles. The molecular weight excluding hydrogens is 511 g/mol. The van der Waals surface area contributed by atoms with Crippen molar-refractivity contribution in [1.29, 1.82) is 0 Å². The van der Waals surface area contributed by atoms with Gasteiger partial charge < -0.3 is 25.2 Å². The molecule has 0 spiro atoms. The van der Waals surface area contributed by atoms with E-state index in [0.717, 1.165) is 28.9 Å². The molecule has 0 saturated heterocycles. The number of carbonyl (C=O) groups excluding carboxylic acids is 1. The molecule has 0 aliphatic heterocycles. The molecule has 3 rings (SSSR count). The van der Waals surface area contributed by atoms with Crippen molar-refractivity contribution >= 4 is 29.1 Å². The Bertz CT molecular complexity index is 1060. The average Bonchev–Trinajstić information content (AvgIpc) is 3.21. The molecule has 2 aromatic rings. The lowest BCUT2D eigenvalue weighted by atomic mass is 10.00. The van der Waals surface area contributed by atoms with Crippen LogP contribution in [-0.2, 0) is 16.0 Å². The van der Waals surface area contributed by atoms with Gasteiger partial charge in [-0.15, -0.1) is 13.2 Å². The van der Waals surface area contributed by atoms with Gasteiger partial charge in [-0.1, -0.05) is 41.4 Å². The predicted molar refractivity (Wildman–Crippen MR) is 149 cm³/mol. The monoisotopic (exact) mass is 546 g/mol. The zero-order valence-electron chi connectivity index (χ0n) is 21.2. The second-order valence-corrected chi connectivity index (χ2v) is 10.1. The number of aliphatic hydroxyl groups excluding tert-OH is 1. The molecule has 37 heavy (non-hydrogen) atoms. The third kappa shape index (κ3) is 8.59. The van der Waals surface area contributed by atoms with Gasteiger partial charge in [0.1, 0.15) is 5.75 Å². The lowest BCUT2D eigenvalue weighted by Crippen LogP contribution is -2.49. The Kier molecular flexibility index (Phi) is 11.5. The molecule has 0 radical (unpaired) electrons. The van der Waals surface area contributed by atoms with Crippen molar-refractivity contribution in [2.24, 2.45) is 0 Å². The number of unbranched alkanes of at least 4 members (excludes halogenated alkanes) is 1. The first-order chi connectivity index (χ1) is 17.8. The van der Waals surface area contributed by atoms with Gasteiger partial charge in [-0.3, -0.25) is 4.79 Å². The van der Waals surface area contributed by atoms with Crippen LogP contribution in [0.4, 0.5) is 0 Å². The van der Waals surface area contributed by atoms with Crippen LogP contribution in [0, 0.1) is 0 Å². The first-order valence-corrected chi connectivity index (χ1v) is 13.3. The lowest BCUT2D eigenvalue weighted by Gasteiger charge is -2.26. The third-order valence-electron chi connectivity index (χ3n) is 6.46. The van der Waals surface area contributed by atoms with E-state index >= 15 is 0 Å². The second kappa shape index (κ2) is 14.6. The smallest absolute Gasteiger partial charge is 0.220 e. The van der Waals surface area contributed by atoms with Crippen LogP contribution in [0.5, 0.6) is 5.75 Å². The van der Waals surface area contributed by atoms with Crippen LogP contribution in [0.1, 0.15) is 54.5 Å². The van der Waals surface area contributed by atoms with Crippen LogP contribution >= 0.6 is 23.2 Å². The van der Waals surface area contributed by atoms with E-state index in [9.17, 15) is 9.90 Å². The van der Waals surface area contributed by atoms with Crippen molar-refractivity contribution < 1.29 is 19.4 Å². The van der Waals surface area contributed by atoms with Crippen molar-refractivity contribution in [3.63, 3.8) is 0 Å². The van der Waals surface area contributed by atoms with Crippen LogP contribution in [0.15, 0.2) is 61.7 Å². The molecule has 0 fully saturated rings. The van der Waals surface area contributed by atoms with E-state index in [2.05, 4.69) is 23.8 Å². The highest BCUT2D eigenvalue weighted by Crippen LogP contribution is 2.42. The summed E-state index contributed by atoms with van der Waals surface area (Å²) in [4.78, 5) is 12.6. The number of methoxy groups -OCH3 is 1. The van der Waals surface area contributed by atoms with E-state index in [4.69, 9.17) is 32.7 Å². The number of halogens is 2. The number of nitrogens with one attached hydrogen (secondary N) is 2. The minimum absolute atomic E-state index is 0.0425. The number of ether oxygens (including phenoxy) is 2. The minimum Gasteiger partial charge on any atom is -0.497 e. The number of hydrogen-bond donors (Lipinski definition) is 3. The first-order valence-electron chi connectivity index (χ1n) is 12.5. The molecular formula is C29H36Cl2N2O4. The van der Waals surface area contributed by atoms with Gasteiger partial charge in [-0.25, -0.2) is 0 Å². The number of hydrogen-bond acceptors (Lipinski definition) is 5. The van der Waals surface area contributed by atoms with E-state index in [0.29, 0.717) is 42.3 Å². The fourth-order valence-electron chi connectivity index (χ4n) is 4.64. The maximum Gasteiger partial charge on any atom is 0.220 e. The first kappa shape index (κ1) is 29.2. The maximum atomic E-state index is 12.6. The van der Waals surface area contributed by atoms with Crippen LogP contribution < -0.4 is 15.4 Å². The van der Waals surface area contributed by atoms with E-state index in [1.807, 2.05) is 18.2 Å². The van der Waals surface area contributed by atoms with Crippen molar-refractivity contribution in [3.8, 4) is 5.75 Å². The van der Waals surface area contributed by atoms with Crippen molar-refractivity contribution in [2.75, 3.05) is 20.3 Å². The lowest BCUT2D eigenvalue weighted by molar-refractivity contribution is -0.122. The van der Waals surface area contributed by atoms with Gasteiger partial charge >= 0.3 is 0 Å². The normalized spacial score (nSPS) is 18.1. The molecule has 0 heterocycles. The van der Waals surface area contributed by atoms with Gasteiger partial charge in [0.05, 0.1) is 32.0 Å². The van der Waals surface area contributed by atoms with E-state index < -0.39 is 12.1 Å². The summed E-state index contributed by atoms with van der Waals surface area (Å²) in [5.41, 5.74) is 3.00. The van der Waals surface area contributed by atoms with E-state index in [-0.39, 0.29) is 24.6 Å². The molecule has 3 N–H and O–H groups in total. The standard InChI is InChI=1S/C29H36Cl2N2O4/c1-4-6-7-8-29(35)33-26(14-19-12-20(30)15-21(31)13-19)27(34)18-32-25-17-28(37-11-5-2)23-10-9-22(36-3)16-24(23)25/h4-5,9-10,12-13,15-16,25-28,32,34H,1-2,6-8,11,14,17-18H2,3H3,(H,33,35)/t25-,26-,27+,28+/m0/s1. The molecule has 200 valence electrons. The zero-order valence-corrected chi connectivity index (χ0v) is 22.7. The van der Waals surface area contributed by atoms with Crippen LogP contribution in [0.3, 0.4) is 0 Å². The van der Waals surface area contributed by atoms with Gasteiger partial charge in [0.2, 0.25) is 5.91 Å². The number of aliphatic hydroxyl groups is 1. The highest BCUT2D eigenvalue weighted by atomic mass is 35.5. The van der Waals surface area contributed by atoms with Gasteiger partial charge in [0.15, 0.2) is 0 Å². The van der Waals surface area contributed by atoms with Gasteiger partial charge in [-0.2, -0.15) is 0 Å². The number of amides is 1. The number of carbonyl (C=O) groups is 1. The van der Waals surface area contributed by atoms with Crippen molar-refractivity contribution in [1.82, 2.24) is 10.6 Å². The summed E-state index contributed by atoms with van der Waals surface area (Å²) in [6.45, 7) is 8.17. The van der Waals surface area contributed by atoms with Crippen LogP contribution in [0.2, 0.25) is 10.0 Å². The molecule has 8 heteroatoms. The molecule has 0 unspecified atom stereocenters. The quantitative estimate of drug-likeness (QED) is 0.196. The summed E-state index contributed by atoms with van der Waals surface area (Å²) in [6.07, 6.45) is 5.50. The highest BCUT2D eigenvalue weighted by Gasteiger charge is 2.33. The Hall–Kier alpha value is -2.35. The largest absolute Gasteiger partial charge is 0.497 e. The van der Waals surface area contributed by atoms with Crippen LogP contribution in [0.25, 0.3) is 0 Å². The summed E-state index contributed by atoms with van der Waals surface area (Å²) in [5, 5.41) is 18.7. The summed E-state index contributed by atoms with van der Waals surface area (Å²) >= 11 is 12.4. The van der Waals surface area contributed by atoms with Gasteiger partial charge in [-0.05, 0) is 72.7 Å². The molecule has 6 nitrogen and oxygen atoms in total. The van der Waals surface area contributed by atoms with Gasteiger partial charge in [0, 0.05) is 29.1 Å². The minimum atomic E-state index is -0.858. The summed E-state index contributed by atoms with van der Waals surface area (Å²) < 4.78 is 11.4. The van der Waals surface area contributed by atoms with Crippen molar-refractivity contribution in [2.45, 2.75) is 56.4 Å². The summed E-state index contributed by atoms with van der Waals surface area (Å²) in [5.74, 6) is 0.644. The summed E-state index contributed by atoms with van der Waals surface area (Å²) in [6, 6.07) is 10.6. The Balaban J connectivity index is 1.72. The fraction of sp³-hybridized carbons (Fsp3) is 0.414. The topological polar surface area (TPSA) is 79.8 Å². The Morgan fingerprint density at radius 2 is 1.92 bits per heavy atom. The van der Waals surface area contributed by atoms with E-state index in [1.165, 1.54) is 0 Å². The second-order valence-electron chi connectivity index (χ2n) is 9.21. The summed E-state index contributed by atoms with van der Waals surface area (Å²) in [7, 11) is 1.64. The Morgan fingerprint density at radius 3 is 2.59 bits per heavy atom. The average molecular weight is 548 g/mol. The molecule has 1 aliphatic rings. The van der Waals surface area contributed by atoms with Gasteiger partial charge in [0.25, 0.3) is 0 Å². The van der Waals surface area contributed by atoms with Crippen LogP contribution in [-0.4, -0.2) is 43.4 Å². The molecule has 2 aromatic carbocycles. The zero-order chi connectivity index (χ0) is 26.8. The molecule has 1 amide bonds. The fourth-order valence-corrected chi connectivity index (χ4v) is 5.21. The number of rotatable bonds is 15. The predicted octanol–water partition coefficient (Wildman–Crippen LogP) is 5.72. The molecule has 0 aromatic heterocycles. The number of benzene rings is 2.